The first kappa shape index (κ1) is 24.4. The molecule has 31 heavy (non-hydrogen) atoms. The number of ether oxygens (including phenoxy) is 3. The summed E-state index contributed by atoms with van der Waals surface area (Å²) in [5.74, 6) is -0.809. The summed E-state index contributed by atoms with van der Waals surface area (Å²) in [6.07, 6.45) is 0. The van der Waals surface area contributed by atoms with E-state index in [-0.39, 0.29) is 22.1 Å². The average molecular weight is 458 g/mol. The summed E-state index contributed by atoms with van der Waals surface area (Å²) in [4.78, 5) is 12.7. The first-order valence-electron chi connectivity index (χ1n) is 9.17. The molecule has 170 valence electrons. The van der Waals surface area contributed by atoms with Crippen LogP contribution in [0.1, 0.15) is 13.8 Å². The second kappa shape index (κ2) is 10.4. The van der Waals surface area contributed by atoms with Crippen LogP contribution >= 0.6 is 0 Å². The molecule has 1 atom stereocenters. The van der Waals surface area contributed by atoms with Crippen molar-refractivity contribution in [3.63, 3.8) is 0 Å². The van der Waals surface area contributed by atoms with Gasteiger partial charge in [-0.05, 0) is 42.3 Å². The monoisotopic (exact) mass is 458 g/mol. The number of rotatable bonds is 10. The summed E-state index contributed by atoms with van der Waals surface area (Å²) in [7, 11) is -1.27. The van der Waals surface area contributed by atoms with Gasteiger partial charge in [-0.1, -0.05) is 13.8 Å². The normalized spacial score (nSPS) is 12.5. The molecule has 0 spiro atoms. The Morgan fingerprint density at radius 3 is 2.13 bits per heavy atom. The first-order chi connectivity index (χ1) is 14.6. The molecule has 0 radical (unpaired) electrons. The molecule has 2 aromatic rings. The molecule has 0 unspecified atom stereocenters. The SMILES string of the molecule is COc1ccc(S(=O)(=O)N[C@H](C(=O)Nc2ccc(OC)c(OC(F)F)c2)C(C)C)cc1. The maximum absolute atomic E-state index is 12.8. The average Bonchev–Trinajstić information content (AvgIpc) is 2.71. The van der Waals surface area contributed by atoms with Gasteiger partial charge in [0.2, 0.25) is 15.9 Å². The lowest BCUT2D eigenvalue weighted by atomic mass is 10.0. The van der Waals surface area contributed by atoms with E-state index in [0.29, 0.717) is 5.75 Å². The van der Waals surface area contributed by atoms with Gasteiger partial charge in [-0.25, -0.2) is 8.42 Å². The summed E-state index contributed by atoms with van der Waals surface area (Å²) < 4.78 is 67.4. The molecular formula is C20H24F2N2O6S. The molecule has 8 nitrogen and oxygen atoms in total. The fraction of sp³-hybridized carbons (Fsp3) is 0.350. The van der Waals surface area contributed by atoms with E-state index >= 15 is 0 Å². The van der Waals surface area contributed by atoms with E-state index < -0.39 is 34.5 Å². The summed E-state index contributed by atoms with van der Waals surface area (Å²) >= 11 is 0. The quantitative estimate of drug-likeness (QED) is 0.567. The van der Waals surface area contributed by atoms with Crippen molar-refractivity contribution >= 4 is 21.6 Å². The van der Waals surface area contributed by atoms with Crippen molar-refractivity contribution in [3.8, 4) is 17.2 Å². The van der Waals surface area contributed by atoms with Crippen LogP contribution in [0.2, 0.25) is 0 Å². The summed E-state index contributed by atoms with van der Waals surface area (Å²) in [6.45, 7) is 0.250. The minimum absolute atomic E-state index is 0.0381. The standard InChI is InChI=1S/C20H24F2N2O6S/c1-12(2)18(24-31(26,27)15-8-6-14(28-3)7-9-15)19(25)23-13-5-10-16(29-4)17(11-13)30-20(21)22/h5-12,18,20,24H,1-4H3,(H,23,25)/t18-/m0/s1. The number of sulfonamides is 1. The number of halogens is 2. The highest BCUT2D eigenvalue weighted by Gasteiger charge is 2.29. The van der Waals surface area contributed by atoms with Crippen molar-refractivity contribution in [3.05, 3.63) is 42.5 Å². The molecule has 2 rings (SSSR count). The van der Waals surface area contributed by atoms with Crippen LogP contribution in [0.5, 0.6) is 17.2 Å². The minimum Gasteiger partial charge on any atom is -0.497 e. The number of nitrogens with one attached hydrogen (secondary N) is 2. The predicted molar refractivity (Wildman–Crippen MR) is 110 cm³/mol. The van der Waals surface area contributed by atoms with Crippen LogP contribution in [-0.4, -0.2) is 41.2 Å². The predicted octanol–water partition coefficient (Wildman–Crippen LogP) is 3.25. The molecule has 2 N–H and O–H groups in total. The molecule has 0 aromatic heterocycles. The van der Waals surface area contributed by atoms with Crippen molar-refractivity contribution < 1.29 is 36.2 Å². The van der Waals surface area contributed by atoms with Crippen LogP contribution in [0.15, 0.2) is 47.4 Å². The van der Waals surface area contributed by atoms with Gasteiger partial charge in [-0.2, -0.15) is 13.5 Å². The zero-order valence-electron chi connectivity index (χ0n) is 17.4. The highest BCUT2D eigenvalue weighted by molar-refractivity contribution is 7.89. The number of carbonyl (C=O) groups is 1. The fourth-order valence-corrected chi connectivity index (χ4v) is 3.99. The zero-order valence-corrected chi connectivity index (χ0v) is 18.2. The van der Waals surface area contributed by atoms with E-state index in [4.69, 9.17) is 9.47 Å². The minimum atomic E-state index is -4.01. The van der Waals surface area contributed by atoms with Crippen LogP contribution in [-0.2, 0) is 14.8 Å². The second-order valence-corrected chi connectivity index (χ2v) is 8.47. The summed E-state index contributed by atoms with van der Waals surface area (Å²) in [5.41, 5.74) is 0.135. The largest absolute Gasteiger partial charge is 0.497 e. The molecule has 0 heterocycles. The number of anilines is 1. The lowest BCUT2D eigenvalue weighted by Crippen LogP contribution is -2.47. The Kier molecular flexibility index (Phi) is 8.17. The number of benzene rings is 2. The molecular weight excluding hydrogens is 434 g/mol. The number of carbonyl (C=O) groups excluding carboxylic acids is 1. The number of methoxy groups -OCH3 is 2. The van der Waals surface area contributed by atoms with E-state index in [1.54, 1.807) is 13.8 Å². The molecule has 0 saturated heterocycles. The van der Waals surface area contributed by atoms with Crippen LogP contribution in [0, 0.1) is 5.92 Å². The third-order valence-electron chi connectivity index (χ3n) is 4.25. The topological polar surface area (TPSA) is 103 Å². The van der Waals surface area contributed by atoms with Gasteiger partial charge in [-0.15, -0.1) is 0 Å². The van der Waals surface area contributed by atoms with Gasteiger partial charge in [0.15, 0.2) is 11.5 Å². The van der Waals surface area contributed by atoms with Gasteiger partial charge >= 0.3 is 6.61 Å². The van der Waals surface area contributed by atoms with Crippen LogP contribution in [0.3, 0.4) is 0 Å². The molecule has 11 heteroatoms. The van der Waals surface area contributed by atoms with Gasteiger partial charge in [-0.3, -0.25) is 4.79 Å². The van der Waals surface area contributed by atoms with Crippen molar-refractivity contribution in [2.45, 2.75) is 31.4 Å². The van der Waals surface area contributed by atoms with Crippen molar-refractivity contribution in [2.24, 2.45) is 5.92 Å². The maximum atomic E-state index is 12.8. The molecule has 2 aromatic carbocycles. The Morgan fingerprint density at radius 1 is 0.968 bits per heavy atom. The molecule has 0 fully saturated rings. The number of hydrogen-bond donors (Lipinski definition) is 2. The highest BCUT2D eigenvalue weighted by Crippen LogP contribution is 2.31. The molecule has 1 amide bonds. The Bertz CT molecular complexity index is 997. The highest BCUT2D eigenvalue weighted by atomic mass is 32.2. The molecule has 0 aliphatic heterocycles. The van der Waals surface area contributed by atoms with E-state index in [0.717, 1.165) is 6.07 Å². The van der Waals surface area contributed by atoms with Crippen molar-refractivity contribution in [2.75, 3.05) is 19.5 Å². The second-order valence-electron chi connectivity index (χ2n) is 6.75. The molecule has 0 aliphatic rings. The van der Waals surface area contributed by atoms with Crippen molar-refractivity contribution in [1.82, 2.24) is 4.72 Å². The third kappa shape index (κ3) is 6.53. The summed E-state index contributed by atoms with van der Waals surface area (Å²) in [6, 6.07) is 8.49. The third-order valence-corrected chi connectivity index (χ3v) is 5.71. The molecule has 0 aliphatic carbocycles. The zero-order chi connectivity index (χ0) is 23.2. The smallest absolute Gasteiger partial charge is 0.387 e. The van der Waals surface area contributed by atoms with E-state index in [2.05, 4.69) is 14.8 Å². The van der Waals surface area contributed by atoms with Gasteiger partial charge in [0.25, 0.3) is 0 Å². The molecule has 0 saturated carbocycles. The van der Waals surface area contributed by atoms with Crippen LogP contribution in [0.25, 0.3) is 0 Å². The van der Waals surface area contributed by atoms with E-state index in [1.165, 1.54) is 50.6 Å². The van der Waals surface area contributed by atoms with Gasteiger partial charge in [0.05, 0.1) is 19.1 Å². The summed E-state index contributed by atoms with van der Waals surface area (Å²) in [5, 5.41) is 2.51. The Morgan fingerprint density at radius 2 is 1.61 bits per heavy atom. The lowest BCUT2D eigenvalue weighted by molar-refractivity contribution is -0.118. The van der Waals surface area contributed by atoms with Gasteiger partial charge < -0.3 is 19.5 Å². The van der Waals surface area contributed by atoms with Crippen LogP contribution < -0.4 is 24.2 Å². The molecule has 0 bridgehead atoms. The lowest BCUT2D eigenvalue weighted by Gasteiger charge is -2.22. The van der Waals surface area contributed by atoms with Crippen molar-refractivity contribution in [1.29, 1.82) is 0 Å². The van der Waals surface area contributed by atoms with Gasteiger partial charge in [0, 0.05) is 11.8 Å². The number of amides is 1. The Hall–Kier alpha value is -2.92. The number of alkyl halides is 2. The Labute approximate surface area is 179 Å². The van der Waals surface area contributed by atoms with E-state index in [1.807, 2.05) is 0 Å². The maximum Gasteiger partial charge on any atom is 0.387 e. The van der Waals surface area contributed by atoms with Crippen LogP contribution in [0.4, 0.5) is 14.5 Å². The Balaban J connectivity index is 2.22. The fourth-order valence-electron chi connectivity index (χ4n) is 2.64. The first-order valence-corrected chi connectivity index (χ1v) is 10.7. The van der Waals surface area contributed by atoms with E-state index in [9.17, 15) is 22.0 Å². The van der Waals surface area contributed by atoms with Gasteiger partial charge in [0.1, 0.15) is 11.8 Å². The number of hydrogen-bond acceptors (Lipinski definition) is 6.